The second-order valence-electron chi connectivity index (χ2n) is 7.79. The lowest BCUT2D eigenvalue weighted by atomic mass is 9.84. The molecule has 1 aliphatic carbocycles. The van der Waals surface area contributed by atoms with Gasteiger partial charge in [-0.2, -0.15) is 0 Å². The number of rotatable bonds is 2. The average Bonchev–Trinajstić information content (AvgIpc) is 3.04. The van der Waals surface area contributed by atoms with Gasteiger partial charge in [0.2, 0.25) is 0 Å². The zero-order valence-corrected chi connectivity index (χ0v) is 15.6. The molecule has 6 heteroatoms. The fourth-order valence-electron chi connectivity index (χ4n) is 5.08. The average molecular weight is 369 g/mol. The van der Waals surface area contributed by atoms with Gasteiger partial charge in [-0.05, 0) is 75.2 Å². The molecule has 0 unspecified atom stereocenters. The minimum atomic E-state index is -0.250. The van der Waals surface area contributed by atoms with E-state index >= 15 is 0 Å². The summed E-state index contributed by atoms with van der Waals surface area (Å²) in [5, 5.41) is 10.3. The number of piperidine rings is 3. The number of aryl methyl sites for hydroxylation is 1. The number of carboxylic acid groups (broad SMARTS) is 1. The smallest absolute Gasteiger partial charge is 0.290 e. The number of carbonyl (C=O) groups excluding carboxylic acids is 1. The Morgan fingerprint density at radius 2 is 1.93 bits per heavy atom. The maximum Gasteiger partial charge on any atom is 0.290 e. The van der Waals surface area contributed by atoms with E-state index < -0.39 is 0 Å². The van der Waals surface area contributed by atoms with Crippen LogP contribution in [-0.2, 0) is 17.6 Å². The van der Waals surface area contributed by atoms with Crippen molar-refractivity contribution in [3.8, 4) is 0 Å². The molecule has 0 radical (unpaired) electrons. The third-order valence-corrected chi connectivity index (χ3v) is 6.35. The van der Waals surface area contributed by atoms with Crippen LogP contribution >= 0.6 is 0 Å². The summed E-state index contributed by atoms with van der Waals surface area (Å²) in [4.78, 5) is 24.1. The van der Waals surface area contributed by atoms with Gasteiger partial charge in [-0.3, -0.25) is 9.59 Å². The Balaban J connectivity index is 0.000000565. The van der Waals surface area contributed by atoms with Crippen LogP contribution in [0, 0.1) is 5.92 Å². The number of aromatic nitrogens is 1. The number of pyridine rings is 1. The van der Waals surface area contributed by atoms with Gasteiger partial charge in [-0.25, -0.2) is 0 Å². The molecule has 2 bridgehead atoms. The summed E-state index contributed by atoms with van der Waals surface area (Å²) in [6, 6.07) is 6.55. The highest BCUT2D eigenvalue weighted by atomic mass is 16.3. The monoisotopic (exact) mass is 369 g/mol. The largest absolute Gasteiger partial charge is 0.483 e. The fraction of sp³-hybridized carbons (Fsp3) is 0.524. The zero-order valence-electron chi connectivity index (χ0n) is 15.6. The highest BCUT2D eigenvalue weighted by molar-refractivity contribution is 6.03. The molecule has 0 aromatic carbocycles. The maximum atomic E-state index is 13.2. The molecule has 2 N–H and O–H groups in total. The molecule has 3 saturated heterocycles. The number of nitrogens with one attached hydrogen (secondary N) is 1. The van der Waals surface area contributed by atoms with E-state index in [4.69, 9.17) is 9.90 Å². The standard InChI is InChI=1S/C20H25N3O.CH2O2/c24-20(21-16-13-22-11-8-14(16)9-12-22)19-15-5-1-2-6-17(15)23-10-4-3-7-18(19)23;2-1-3/h3-4,7,10,14,16H,1-2,5-6,8-9,11-13H2,(H,21,24);1H,(H,2,3)/t16-;/m0./s1. The molecule has 144 valence electrons. The Labute approximate surface area is 159 Å². The molecule has 0 saturated carbocycles. The van der Waals surface area contributed by atoms with Gasteiger partial charge in [-0.1, -0.05) is 6.07 Å². The van der Waals surface area contributed by atoms with Crippen molar-refractivity contribution in [1.82, 2.24) is 14.6 Å². The van der Waals surface area contributed by atoms with Crippen LogP contribution in [0.15, 0.2) is 24.4 Å². The maximum absolute atomic E-state index is 13.2. The van der Waals surface area contributed by atoms with E-state index in [1.807, 2.05) is 6.07 Å². The van der Waals surface area contributed by atoms with Gasteiger partial charge < -0.3 is 19.7 Å². The van der Waals surface area contributed by atoms with Crippen molar-refractivity contribution in [2.24, 2.45) is 5.92 Å². The first kappa shape index (κ1) is 18.0. The van der Waals surface area contributed by atoms with Gasteiger partial charge in [0, 0.05) is 24.5 Å². The number of amides is 1. The van der Waals surface area contributed by atoms with Crippen molar-refractivity contribution in [1.29, 1.82) is 0 Å². The SMILES string of the molecule is O=C(N[C@H]1CN2CCC1CC2)c1c2c(n3ccccc13)CCCC2.O=CO. The minimum Gasteiger partial charge on any atom is -0.483 e. The van der Waals surface area contributed by atoms with Crippen molar-refractivity contribution in [3.05, 3.63) is 41.2 Å². The first-order chi connectivity index (χ1) is 13.2. The minimum absolute atomic E-state index is 0.153. The molecule has 6 nitrogen and oxygen atoms in total. The lowest BCUT2D eigenvalue weighted by Gasteiger charge is -2.44. The molecule has 3 aliphatic heterocycles. The highest BCUT2D eigenvalue weighted by Crippen LogP contribution is 2.32. The van der Waals surface area contributed by atoms with Gasteiger partial charge in [0.15, 0.2) is 0 Å². The zero-order chi connectivity index (χ0) is 18.8. The molecule has 2 aromatic rings. The first-order valence-electron chi connectivity index (χ1n) is 9.94. The van der Waals surface area contributed by atoms with Gasteiger partial charge in [0.25, 0.3) is 12.4 Å². The van der Waals surface area contributed by atoms with Crippen LogP contribution in [0.25, 0.3) is 5.52 Å². The summed E-state index contributed by atoms with van der Waals surface area (Å²) in [6.07, 6.45) is 9.15. The van der Waals surface area contributed by atoms with Crippen LogP contribution in [0.4, 0.5) is 0 Å². The van der Waals surface area contributed by atoms with E-state index in [0.29, 0.717) is 12.0 Å². The van der Waals surface area contributed by atoms with E-state index in [9.17, 15) is 4.79 Å². The normalized spacial score (nSPS) is 26.0. The summed E-state index contributed by atoms with van der Waals surface area (Å²) in [5.74, 6) is 0.823. The third-order valence-electron chi connectivity index (χ3n) is 6.35. The van der Waals surface area contributed by atoms with Crippen molar-refractivity contribution >= 4 is 17.9 Å². The summed E-state index contributed by atoms with van der Waals surface area (Å²) in [6.45, 7) is 3.20. The van der Waals surface area contributed by atoms with E-state index in [1.54, 1.807) is 0 Å². The van der Waals surface area contributed by atoms with Gasteiger partial charge in [0.1, 0.15) is 0 Å². The third kappa shape index (κ3) is 3.34. The molecular formula is C21H27N3O3. The number of fused-ring (bicyclic) bond motifs is 6. The molecule has 5 heterocycles. The predicted octanol–water partition coefficient (Wildman–Crippen LogP) is 2.34. The second-order valence-corrected chi connectivity index (χ2v) is 7.79. The van der Waals surface area contributed by atoms with E-state index in [-0.39, 0.29) is 12.4 Å². The quantitative estimate of drug-likeness (QED) is 0.797. The van der Waals surface area contributed by atoms with Gasteiger partial charge in [0.05, 0.1) is 11.1 Å². The summed E-state index contributed by atoms with van der Waals surface area (Å²) in [5.41, 5.74) is 4.69. The molecule has 27 heavy (non-hydrogen) atoms. The van der Waals surface area contributed by atoms with Crippen LogP contribution in [-0.4, -0.2) is 52.5 Å². The molecule has 1 amide bonds. The van der Waals surface area contributed by atoms with Crippen molar-refractivity contribution in [2.75, 3.05) is 19.6 Å². The number of carbonyl (C=O) groups is 2. The Hall–Kier alpha value is -2.34. The lowest BCUT2D eigenvalue weighted by Crippen LogP contribution is -2.57. The first-order valence-corrected chi connectivity index (χ1v) is 9.94. The highest BCUT2D eigenvalue weighted by Gasteiger charge is 2.36. The van der Waals surface area contributed by atoms with E-state index in [1.165, 1.54) is 50.0 Å². The van der Waals surface area contributed by atoms with Crippen LogP contribution in [0.2, 0.25) is 0 Å². The molecule has 3 fully saturated rings. The van der Waals surface area contributed by atoms with E-state index in [0.717, 1.165) is 30.5 Å². The molecule has 1 atom stereocenters. The predicted molar refractivity (Wildman–Crippen MR) is 103 cm³/mol. The molecular weight excluding hydrogens is 342 g/mol. The van der Waals surface area contributed by atoms with Crippen molar-refractivity contribution in [3.63, 3.8) is 0 Å². The van der Waals surface area contributed by atoms with Crippen molar-refractivity contribution in [2.45, 2.75) is 44.6 Å². The van der Waals surface area contributed by atoms with Crippen molar-refractivity contribution < 1.29 is 14.7 Å². The molecule has 2 aromatic heterocycles. The molecule has 4 aliphatic rings. The Morgan fingerprint density at radius 3 is 2.63 bits per heavy atom. The molecule has 6 rings (SSSR count). The number of nitrogens with zero attached hydrogens (tertiary/aromatic N) is 2. The summed E-state index contributed by atoms with van der Waals surface area (Å²) >= 11 is 0. The van der Waals surface area contributed by atoms with Crippen LogP contribution < -0.4 is 5.32 Å². The number of hydrogen-bond donors (Lipinski definition) is 2. The fourth-order valence-corrected chi connectivity index (χ4v) is 5.08. The number of hydrogen-bond acceptors (Lipinski definition) is 3. The van der Waals surface area contributed by atoms with Crippen LogP contribution in [0.1, 0.15) is 47.3 Å². The Bertz CT molecular complexity index is 837. The van der Waals surface area contributed by atoms with E-state index in [2.05, 4.69) is 32.9 Å². The molecule has 0 spiro atoms. The Kier molecular flexibility index (Phi) is 5.16. The lowest BCUT2D eigenvalue weighted by molar-refractivity contribution is -0.122. The van der Waals surface area contributed by atoms with Crippen LogP contribution in [0.3, 0.4) is 0 Å². The van der Waals surface area contributed by atoms with Gasteiger partial charge in [-0.15, -0.1) is 0 Å². The summed E-state index contributed by atoms with van der Waals surface area (Å²) < 4.78 is 2.25. The van der Waals surface area contributed by atoms with Crippen LogP contribution in [0.5, 0.6) is 0 Å². The topological polar surface area (TPSA) is 74.0 Å². The van der Waals surface area contributed by atoms with Gasteiger partial charge >= 0.3 is 0 Å². The summed E-state index contributed by atoms with van der Waals surface area (Å²) in [7, 11) is 0. The second kappa shape index (κ2) is 7.72. The Morgan fingerprint density at radius 1 is 1.19 bits per heavy atom.